The van der Waals surface area contributed by atoms with Gasteiger partial charge in [0.2, 0.25) is 5.91 Å². The summed E-state index contributed by atoms with van der Waals surface area (Å²) < 4.78 is 0. The fourth-order valence-corrected chi connectivity index (χ4v) is 1.30. The van der Waals surface area contributed by atoms with Gasteiger partial charge in [0.05, 0.1) is 22.8 Å². The maximum absolute atomic E-state index is 10.8. The molecule has 0 aliphatic rings. The molecule has 80 valence electrons. The first-order valence-electron chi connectivity index (χ1n) is 4.06. The fraction of sp³-hybridized carbons (Fsp3) is 0.111. The maximum atomic E-state index is 10.8. The van der Waals surface area contributed by atoms with Crippen LogP contribution in [-0.2, 0) is 4.79 Å². The molecule has 0 radical (unpaired) electrons. The van der Waals surface area contributed by atoms with Gasteiger partial charge in [-0.05, 0) is 12.1 Å². The van der Waals surface area contributed by atoms with Gasteiger partial charge < -0.3 is 16.2 Å². The molecule has 0 bridgehead atoms. The first-order valence-corrected chi connectivity index (χ1v) is 4.44. The highest BCUT2D eigenvalue weighted by Gasteiger charge is 2.12. The van der Waals surface area contributed by atoms with Crippen molar-refractivity contribution in [2.45, 2.75) is 0 Å². The van der Waals surface area contributed by atoms with Crippen LogP contribution in [0, 0.1) is 0 Å². The SMILES string of the molecule is NC(=O)CNc1c(Cl)cccc1C(=O)O. The zero-order valence-corrected chi connectivity index (χ0v) is 8.41. The van der Waals surface area contributed by atoms with Gasteiger partial charge in [-0.3, -0.25) is 4.79 Å². The molecule has 0 heterocycles. The number of benzene rings is 1. The third-order valence-electron chi connectivity index (χ3n) is 1.68. The van der Waals surface area contributed by atoms with E-state index >= 15 is 0 Å². The van der Waals surface area contributed by atoms with Gasteiger partial charge >= 0.3 is 5.97 Å². The van der Waals surface area contributed by atoms with E-state index in [1.807, 2.05) is 0 Å². The van der Waals surface area contributed by atoms with E-state index in [2.05, 4.69) is 5.32 Å². The predicted molar refractivity (Wildman–Crippen MR) is 56.1 cm³/mol. The molecule has 6 heteroatoms. The molecule has 4 N–H and O–H groups in total. The van der Waals surface area contributed by atoms with Crippen LogP contribution in [-0.4, -0.2) is 23.5 Å². The van der Waals surface area contributed by atoms with Crippen LogP contribution in [0.25, 0.3) is 0 Å². The summed E-state index contributed by atoms with van der Waals surface area (Å²) in [5.74, 6) is -1.71. The number of carbonyl (C=O) groups is 2. The van der Waals surface area contributed by atoms with Crippen molar-refractivity contribution in [3.05, 3.63) is 28.8 Å². The summed E-state index contributed by atoms with van der Waals surface area (Å²) in [6.07, 6.45) is 0. The summed E-state index contributed by atoms with van der Waals surface area (Å²) in [7, 11) is 0. The van der Waals surface area contributed by atoms with Crippen molar-refractivity contribution in [2.24, 2.45) is 5.73 Å². The van der Waals surface area contributed by atoms with E-state index < -0.39 is 11.9 Å². The number of carbonyl (C=O) groups excluding carboxylic acids is 1. The van der Waals surface area contributed by atoms with Crippen LogP contribution in [0.4, 0.5) is 5.69 Å². The van der Waals surface area contributed by atoms with E-state index in [1.54, 1.807) is 0 Å². The Morgan fingerprint density at radius 3 is 2.67 bits per heavy atom. The first kappa shape index (κ1) is 11.3. The quantitative estimate of drug-likeness (QED) is 0.715. The van der Waals surface area contributed by atoms with Gasteiger partial charge in [-0.25, -0.2) is 4.79 Å². The molecule has 1 amide bonds. The van der Waals surface area contributed by atoms with E-state index in [0.717, 1.165) is 0 Å². The highest BCUT2D eigenvalue weighted by Crippen LogP contribution is 2.25. The predicted octanol–water partition coefficient (Wildman–Crippen LogP) is 0.935. The highest BCUT2D eigenvalue weighted by molar-refractivity contribution is 6.34. The third kappa shape index (κ3) is 2.85. The number of para-hydroxylation sites is 1. The highest BCUT2D eigenvalue weighted by atomic mass is 35.5. The number of nitrogens with two attached hydrogens (primary N) is 1. The Morgan fingerprint density at radius 2 is 2.13 bits per heavy atom. The average molecular weight is 229 g/mol. The summed E-state index contributed by atoms with van der Waals surface area (Å²) in [6.45, 7) is -0.163. The molecule has 5 nitrogen and oxygen atoms in total. The molecule has 15 heavy (non-hydrogen) atoms. The van der Waals surface area contributed by atoms with Gasteiger partial charge in [0.1, 0.15) is 0 Å². The van der Waals surface area contributed by atoms with Crippen molar-refractivity contribution in [1.82, 2.24) is 0 Å². The first-order chi connectivity index (χ1) is 7.02. The summed E-state index contributed by atoms with van der Waals surface area (Å²) in [6, 6.07) is 4.43. The van der Waals surface area contributed by atoms with Crippen molar-refractivity contribution in [1.29, 1.82) is 0 Å². The molecule has 0 saturated heterocycles. The lowest BCUT2D eigenvalue weighted by molar-refractivity contribution is -0.116. The largest absolute Gasteiger partial charge is 0.478 e. The number of anilines is 1. The fourth-order valence-electron chi connectivity index (χ4n) is 1.06. The number of hydrogen-bond donors (Lipinski definition) is 3. The van der Waals surface area contributed by atoms with Gasteiger partial charge in [-0.1, -0.05) is 17.7 Å². The monoisotopic (exact) mass is 228 g/mol. The second kappa shape index (κ2) is 4.65. The van der Waals surface area contributed by atoms with Gasteiger partial charge in [0.15, 0.2) is 0 Å². The number of halogens is 1. The smallest absolute Gasteiger partial charge is 0.337 e. The van der Waals surface area contributed by atoms with Gasteiger partial charge in [-0.2, -0.15) is 0 Å². The maximum Gasteiger partial charge on any atom is 0.337 e. The van der Waals surface area contributed by atoms with Crippen LogP contribution in [0.1, 0.15) is 10.4 Å². The van der Waals surface area contributed by atoms with Crippen LogP contribution in [0.5, 0.6) is 0 Å². The standard InChI is InChI=1S/C9H9ClN2O3/c10-6-3-1-2-5(9(14)15)8(6)12-4-7(11)13/h1-3,12H,4H2,(H2,11,13)(H,14,15). The average Bonchev–Trinajstić information content (AvgIpc) is 2.15. The number of amides is 1. The van der Waals surface area contributed by atoms with Crippen molar-refractivity contribution in [3.8, 4) is 0 Å². The lowest BCUT2D eigenvalue weighted by atomic mass is 10.2. The molecule has 0 unspecified atom stereocenters. The summed E-state index contributed by atoms with van der Waals surface area (Å²) in [4.78, 5) is 21.3. The zero-order chi connectivity index (χ0) is 11.4. The topological polar surface area (TPSA) is 92.4 Å². The Bertz CT molecular complexity index is 406. The molecule has 0 aromatic heterocycles. The second-order valence-electron chi connectivity index (χ2n) is 2.79. The van der Waals surface area contributed by atoms with Crippen molar-refractivity contribution in [3.63, 3.8) is 0 Å². The Hall–Kier alpha value is -1.75. The summed E-state index contributed by atoms with van der Waals surface area (Å²) in [5.41, 5.74) is 5.13. The molecular formula is C9H9ClN2O3. The van der Waals surface area contributed by atoms with Crippen molar-refractivity contribution in [2.75, 3.05) is 11.9 Å². The van der Waals surface area contributed by atoms with E-state index in [9.17, 15) is 9.59 Å². The molecule has 0 aliphatic carbocycles. The number of carboxylic acids is 1. The van der Waals surface area contributed by atoms with Crippen LogP contribution >= 0.6 is 11.6 Å². The molecule has 0 aliphatic heterocycles. The minimum absolute atomic E-state index is 0.00347. The Kier molecular flexibility index (Phi) is 3.51. The van der Waals surface area contributed by atoms with E-state index in [0.29, 0.717) is 0 Å². The third-order valence-corrected chi connectivity index (χ3v) is 2.00. The van der Waals surface area contributed by atoms with Crippen LogP contribution < -0.4 is 11.1 Å². The molecule has 0 fully saturated rings. The van der Waals surface area contributed by atoms with Crippen LogP contribution in [0.15, 0.2) is 18.2 Å². The number of primary amides is 1. The van der Waals surface area contributed by atoms with Gasteiger partial charge in [-0.15, -0.1) is 0 Å². The molecule has 0 atom stereocenters. The summed E-state index contributed by atoms with van der Waals surface area (Å²) in [5, 5.41) is 11.6. The lowest BCUT2D eigenvalue weighted by Gasteiger charge is -2.09. The van der Waals surface area contributed by atoms with Gasteiger partial charge in [0, 0.05) is 0 Å². The van der Waals surface area contributed by atoms with Crippen LogP contribution in [0.3, 0.4) is 0 Å². The zero-order valence-electron chi connectivity index (χ0n) is 7.66. The number of rotatable bonds is 4. The van der Waals surface area contributed by atoms with Crippen molar-refractivity contribution < 1.29 is 14.7 Å². The number of aromatic carboxylic acids is 1. The lowest BCUT2D eigenvalue weighted by Crippen LogP contribution is -2.22. The van der Waals surface area contributed by atoms with E-state index in [-0.39, 0.29) is 22.8 Å². The second-order valence-corrected chi connectivity index (χ2v) is 3.19. The molecule has 1 aromatic rings. The Labute approximate surface area is 90.8 Å². The summed E-state index contributed by atoms with van der Waals surface area (Å²) >= 11 is 5.78. The number of nitrogens with one attached hydrogen (secondary N) is 1. The minimum Gasteiger partial charge on any atom is -0.478 e. The Morgan fingerprint density at radius 1 is 1.47 bits per heavy atom. The van der Waals surface area contributed by atoms with Gasteiger partial charge in [0.25, 0.3) is 0 Å². The van der Waals surface area contributed by atoms with Crippen LogP contribution in [0.2, 0.25) is 5.02 Å². The molecule has 0 spiro atoms. The van der Waals surface area contributed by atoms with E-state index in [1.165, 1.54) is 18.2 Å². The number of carboxylic acid groups (broad SMARTS) is 1. The molecule has 1 aromatic carbocycles. The normalized spacial score (nSPS) is 9.67. The minimum atomic E-state index is -1.12. The molecular weight excluding hydrogens is 220 g/mol. The van der Waals surface area contributed by atoms with E-state index in [4.69, 9.17) is 22.4 Å². The Balaban J connectivity index is 3.02. The molecule has 1 rings (SSSR count). The number of hydrogen-bond acceptors (Lipinski definition) is 3. The van der Waals surface area contributed by atoms with Crippen molar-refractivity contribution >= 4 is 29.2 Å². The molecule has 0 saturated carbocycles.